The number of thioether (sulfide) groups is 1. The van der Waals surface area contributed by atoms with Gasteiger partial charge in [0, 0.05) is 23.8 Å². The van der Waals surface area contributed by atoms with Gasteiger partial charge < -0.3 is 9.67 Å². The minimum atomic E-state index is -0.934. The molecule has 7 heteroatoms. The van der Waals surface area contributed by atoms with Crippen molar-refractivity contribution < 1.29 is 9.90 Å². The van der Waals surface area contributed by atoms with Crippen molar-refractivity contribution in [2.24, 2.45) is 7.05 Å². The van der Waals surface area contributed by atoms with Gasteiger partial charge >= 0.3 is 5.97 Å². The number of aryl methyl sites for hydroxylation is 1. The summed E-state index contributed by atoms with van der Waals surface area (Å²) in [4.78, 5) is 11.6. The number of rotatable bonds is 5. The zero-order valence-corrected chi connectivity index (χ0v) is 11.2. The maximum atomic E-state index is 10.4. The largest absolute Gasteiger partial charge is 0.478 e. The molecule has 0 bridgehead atoms. The van der Waals surface area contributed by atoms with Crippen molar-refractivity contribution in [1.29, 1.82) is 0 Å². The molecule has 94 valence electrons. The van der Waals surface area contributed by atoms with Crippen molar-refractivity contribution in [1.82, 2.24) is 14.8 Å². The summed E-state index contributed by atoms with van der Waals surface area (Å²) in [7, 11) is 1.90. The summed E-state index contributed by atoms with van der Waals surface area (Å²) in [5, 5.41) is 19.1. The van der Waals surface area contributed by atoms with Gasteiger partial charge in [0.2, 0.25) is 0 Å². The minimum Gasteiger partial charge on any atom is -0.478 e. The standard InChI is InChI=1S/C11H11N3O2S2/c1-14-7-12-13-11(14)18-6-9-4-8(5-17-9)2-3-10(15)16/h2-5,7H,6H2,1H3,(H,15,16). The van der Waals surface area contributed by atoms with Crippen LogP contribution in [0.15, 0.2) is 29.0 Å². The van der Waals surface area contributed by atoms with Crippen LogP contribution in [-0.2, 0) is 17.6 Å². The van der Waals surface area contributed by atoms with E-state index in [0.717, 1.165) is 22.5 Å². The van der Waals surface area contributed by atoms with E-state index in [9.17, 15) is 4.79 Å². The fourth-order valence-corrected chi connectivity index (χ4v) is 3.06. The van der Waals surface area contributed by atoms with E-state index in [4.69, 9.17) is 5.11 Å². The van der Waals surface area contributed by atoms with Crippen molar-refractivity contribution in [3.63, 3.8) is 0 Å². The first-order chi connectivity index (χ1) is 8.65. The summed E-state index contributed by atoms with van der Waals surface area (Å²) < 4.78 is 1.86. The number of carboxylic acid groups (broad SMARTS) is 1. The van der Waals surface area contributed by atoms with Crippen LogP contribution in [0.3, 0.4) is 0 Å². The molecule has 0 unspecified atom stereocenters. The lowest BCUT2D eigenvalue weighted by Gasteiger charge is -1.97. The minimum absolute atomic E-state index is 0.804. The second-order valence-electron chi connectivity index (χ2n) is 3.53. The monoisotopic (exact) mass is 281 g/mol. The van der Waals surface area contributed by atoms with Gasteiger partial charge in [0.1, 0.15) is 6.33 Å². The SMILES string of the molecule is Cn1cnnc1SCc1cc(C=CC(=O)O)cs1. The van der Waals surface area contributed by atoms with Gasteiger partial charge in [0.25, 0.3) is 0 Å². The Morgan fingerprint density at radius 3 is 3.17 bits per heavy atom. The van der Waals surface area contributed by atoms with Gasteiger partial charge in [-0.15, -0.1) is 21.5 Å². The van der Waals surface area contributed by atoms with Crippen LogP contribution in [0.1, 0.15) is 10.4 Å². The predicted molar refractivity (Wildman–Crippen MR) is 71.6 cm³/mol. The molecule has 0 spiro atoms. The molecule has 0 saturated heterocycles. The van der Waals surface area contributed by atoms with E-state index in [1.54, 1.807) is 35.5 Å². The average molecular weight is 281 g/mol. The predicted octanol–water partition coefficient (Wildman–Crippen LogP) is 2.27. The van der Waals surface area contributed by atoms with Crippen LogP contribution in [0, 0.1) is 0 Å². The molecule has 0 amide bonds. The Kier molecular flexibility index (Phi) is 4.16. The first-order valence-corrected chi connectivity index (χ1v) is 6.97. The highest BCUT2D eigenvalue weighted by molar-refractivity contribution is 7.98. The van der Waals surface area contributed by atoms with Crippen molar-refractivity contribution in [2.75, 3.05) is 0 Å². The molecular weight excluding hydrogens is 270 g/mol. The molecule has 0 aliphatic heterocycles. The molecule has 0 fully saturated rings. The smallest absolute Gasteiger partial charge is 0.328 e. The zero-order valence-electron chi connectivity index (χ0n) is 9.61. The Morgan fingerprint density at radius 1 is 1.67 bits per heavy atom. The van der Waals surface area contributed by atoms with Gasteiger partial charge in [-0.3, -0.25) is 0 Å². The molecule has 0 aliphatic rings. The van der Waals surface area contributed by atoms with E-state index < -0.39 is 5.97 Å². The third-order valence-corrected chi connectivity index (χ3v) is 4.33. The fourth-order valence-electron chi connectivity index (χ4n) is 1.27. The van der Waals surface area contributed by atoms with Gasteiger partial charge in [-0.1, -0.05) is 11.8 Å². The summed E-state index contributed by atoms with van der Waals surface area (Å²) >= 11 is 3.21. The molecule has 0 aromatic carbocycles. The van der Waals surface area contributed by atoms with Crippen LogP contribution in [-0.4, -0.2) is 25.8 Å². The second kappa shape index (κ2) is 5.83. The summed E-state index contributed by atoms with van der Waals surface area (Å²) in [5.41, 5.74) is 0.913. The Balaban J connectivity index is 1.95. The van der Waals surface area contributed by atoms with Gasteiger partial charge in [0.15, 0.2) is 5.16 Å². The Morgan fingerprint density at radius 2 is 2.50 bits per heavy atom. The number of carboxylic acids is 1. The number of aromatic nitrogens is 3. The highest BCUT2D eigenvalue weighted by Crippen LogP contribution is 2.25. The maximum Gasteiger partial charge on any atom is 0.328 e. The number of hydrogen-bond donors (Lipinski definition) is 1. The van der Waals surface area contributed by atoms with Crippen LogP contribution in [0.25, 0.3) is 6.08 Å². The zero-order chi connectivity index (χ0) is 13.0. The lowest BCUT2D eigenvalue weighted by molar-refractivity contribution is -0.131. The van der Waals surface area contributed by atoms with E-state index in [2.05, 4.69) is 10.2 Å². The van der Waals surface area contributed by atoms with E-state index in [-0.39, 0.29) is 0 Å². The molecule has 2 aromatic rings. The summed E-state index contributed by atoms with van der Waals surface area (Å²) in [6.07, 6.45) is 4.40. The first kappa shape index (κ1) is 12.8. The molecule has 2 heterocycles. The number of nitrogens with zero attached hydrogens (tertiary/aromatic N) is 3. The molecule has 0 atom stereocenters. The highest BCUT2D eigenvalue weighted by Gasteiger charge is 2.04. The number of carbonyl (C=O) groups is 1. The van der Waals surface area contributed by atoms with E-state index in [1.807, 2.05) is 23.1 Å². The van der Waals surface area contributed by atoms with Crippen molar-refractivity contribution in [3.05, 3.63) is 34.3 Å². The normalized spacial score (nSPS) is 11.2. The average Bonchev–Trinajstić information content (AvgIpc) is 2.93. The second-order valence-corrected chi connectivity index (χ2v) is 5.47. The van der Waals surface area contributed by atoms with Gasteiger partial charge in [-0.2, -0.15) is 0 Å². The molecule has 5 nitrogen and oxygen atoms in total. The molecule has 0 saturated carbocycles. The lowest BCUT2D eigenvalue weighted by atomic mass is 10.3. The van der Waals surface area contributed by atoms with Gasteiger partial charge in [0.05, 0.1) is 0 Å². The number of thiophene rings is 1. The van der Waals surface area contributed by atoms with Crippen LogP contribution in [0.2, 0.25) is 0 Å². The fraction of sp³-hybridized carbons (Fsp3) is 0.182. The molecule has 18 heavy (non-hydrogen) atoms. The molecule has 1 N–H and O–H groups in total. The third kappa shape index (κ3) is 3.44. The highest BCUT2D eigenvalue weighted by atomic mass is 32.2. The molecule has 2 rings (SSSR count). The number of hydrogen-bond acceptors (Lipinski definition) is 5. The van der Waals surface area contributed by atoms with E-state index >= 15 is 0 Å². The van der Waals surface area contributed by atoms with Gasteiger partial charge in [-0.05, 0) is 23.1 Å². The maximum absolute atomic E-state index is 10.4. The van der Waals surface area contributed by atoms with Crippen LogP contribution < -0.4 is 0 Å². The van der Waals surface area contributed by atoms with Crippen molar-refractivity contribution in [3.8, 4) is 0 Å². The first-order valence-electron chi connectivity index (χ1n) is 5.10. The molecular formula is C11H11N3O2S2. The Bertz CT molecular complexity index is 574. The molecule has 0 radical (unpaired) electrons. The Hall–Kier alpha value is -1.60. The van der Waals surface area contributed by atoms with Crippen LogP contribution in [0.4, 0.5) is 0 Å². The van der Waals surface area contributed by atoms with Crippen LogP contribution >= 0.6 is 23.1 Å². The summed E-state index contributed by atoms with van der Waals surface area (Å²) in [5.74, 6) is -0.130. The summed E-state index contributed by atoms with van der Waals surface area (Å²) in [6, 6.07) is 1.98. The van der Waals surface area contributed by atoms with E-state index in [1.165, 1.54) is 4.88 Å². The topological polar surface area (TPSA) is 68.0 Å². The quantitative estimate of drug-likeness (QED) is 0.672. The van der Waals surface area contributed by atoms with Crippen molar-refractivity contribution in [2.45, 2.75) is 10.9 Å². The van der Waals surface area contributed by atoms with E-state index in [0.29, 0.717) is 0 Å². The Labute approximate surface area is 112 Å². The molecule has 0 aliphatic carbocycles. The van der Waals surface area contributed by atoms with Crippen LogP contribution in [0.5, 0.6) is 0 Å². The molecule has 2 aromatic heterocycles. The lowest BCUT2D eigenvalue weighted by Crippen LogP contribution is -1.88. The summed E-state index contributed by atoms with van der Waals surface area (Å²) in [6.45, 7) is 0. The number of aliphatic carboxylic acids is 1. The van der Waals surface area contributed by atoms with Crippen molar-refractivity contribution >= 4 is 35.1 Å². The van der Waals surface area contributed by atoms with Gasteiger partial charge in [-0.25, -0.2) is 4.79 Å². The third-order valence-electron chi connectivity index (χ3n) is 2.11.